The van der Waals surface area contributed by atoms with Gasteiger partial charge in [-0.3, -0.25) is 0 Å². The van der Waals surface area contributed by atoms with E-state index in [4.69, 9.17) is 26.1 Å². The number of aromatic nitrogens is 2. The molecule has 0 N–H and O–H groups in total. The SMILES string of the molecule is Clc1ccccc1OCCCCn1c(COc2ccc3ccccc3c2)nc2ccccc21. The minimum atomic E-state index is 0.420. The summed E-state index contributed by atoms with van der Waals surface area (Å²) >= 11 is 6.17. The number of imidazole rings is 1. The second-order valence-electron chi connectivity index (χ2n) is 7.95. The highest BCUT2D eigenvalue weighted by atomic mass is 35.5. The zero-order chi connectivity index (χ0) is 22.5. The largest absolute Gasteiger partial charge is 0.492 e. The number of ether oxygens (including phenoxy) is 2. The van der Waals surface area contributed by atoms with Gasteiger partial charge in [0.1, 0.15) is 23.9 Å². The second-order valence-corrected chi connectivity index (χ2v) is 8.36. The van der Waals surface area contributed by atoms with Crippen molar-refractivity contribution in [3.63, 3.8) is 0 Å². The molecule has 0 bridgehead atoms. The van der Waals surface area contributed by atoms with E-state index in [-0.39, 0.29) is 0 Å². The molecule has 0 aliphatic heterocycles. The number of hydrogen-bond acceptors (Lipinski definition) is 3. The summed E-state index contributed by atoms with van der Waals surface area (Å²) in [7, 11) is 0. The van der Waals surface area contributed by atoms with Gasteiger partial charge in [-0.05, 0) is 60.0 Å². The summed E-state index contributed by atoms with van der Waals surface area (Å²) in [5, 5.41) is 3.02. The highest BCUT2D eigenvalue weighted by Gasteiger charge is 2.11. The lowest BCUT2D eigenvalue weighted by Gasteiger charge is -2.12. The Morgan fingerprint density at radius 1 is 0.758 bits per heavy atom. The minimum absolute atomic E-state index is 0.420. The van der Waals surface area contributed by atoms with Gasteiger partial charge in [-0.25, -0.2) is 4.98 Å². The van der Waals surface area contributed by atoms with Crippen LogP contribution in [-0.2, 0) is 13.2 Å². The summed E-state index contributed by atoms with van der Waals surface area (Å²) in [6.07, 6.45) is 1.89. The Kier molecular flexibility index (Phi) is 6.45. The van der Waals surface area contributed by atoms with Crippen LogP contribution in [0.3, 0.4) is 0 Å². The minimum Gasteiger partial charge on any atom is -0.492 e. The van der Waals surface area contributed by atoms with Crippen molar-refractivity contribution >= 4 is 33.4 Å². The Morgan fingerprint density at radius 3 is 2.45 bits per heavy atom. The van der Waals surface area contributed by atoms with Gasteiger partial charge in [-0.1, -0.05) is 66.2 Å². The zero-order valence-electron chi connectivity index (χ0n) is 18.3. The molecule has 4 nitrogen and oxygen atoms in total. The van der Waals surface area contributed by atoms with E-state index < -0.39 is 0 Å². The lowest BCUT2D eigenvalue weighted by molar-refractivity contribution is 0.285. The standard InChI is InChI=1S/C28H25ClN2O2/c29-24-11-3-6-14-27(24)32-18-8-7-17-31-26-13-5-4-12-25(26)30-28(31)20-33-23-16-15-21-9-1-2-10-22(21)19-23/h1-6,9-16,19H,7-8,17-18,20H2. The first-order valence-corrected chi connectivity index (χ1v) is 11.6. The summed E-state index contributed by atoms with van der Waals surface area (Å²) in [6.45, 7) is 1.89. The van der Waals surface area contributed by atoms with Gasteiger partial charge in [0.05, 0.1) is 22.7 Å². The maximum absolute atomic E-state index is 6.17. The fourth-order valence-electron chi connectivity index (χ4n) is 4.01. The molecule has 5 heteroatoms. The summed E-state index contributed by atoms with van der Waals surface area (Å²) in [6, 6.07) is 30.3. The molecule has 0 atom stereocenters. The monoisotopic (exact) mass is 456 g/mol. The van der Waals surface area contributed by atoms with Crippen molar-refractivity contribution in [3.8, 4) is 11.5 Å². The number of halogens is 1. The van der Waals surface area contributed by atoms with E-state index in [9.17, 15) is 0 Å². The van der Waals surface area contributed by atoms with Crippen molar-refractivity contribution < 1.29 is 9.47 Å². The molecule has 0 radical (unpaired) electrons. The molecule has 0 saturated carbocycles. The van der Waals surface area contributed by atoms with Crippen LogP contribution in [0.4, 0.5) is 0 Å². The average molecular weight is 457 g/mol. The number of para-hydroxylation sites is 3. The molecule has 5 aromatic rings. The molecule has 4 aromatic carbocycles. The zero-order valence-corrected chi connectivity index (χ0v) is 19.0. The van der Waals surface area contributed by atoms with Gasteiger partial charge in [0.2, 0.25) is 0 Å². The lowest BCUT2D eigenvalue weighted by Crippen LogP contribution is -2.09. The van der Waals surface area contributed by atoms with Crippen molar-refractivity contribution in [3.05, 3.63) is 102 Å². The molecule has 0 unspecified atom stereocenters. The molecule has 1 heterocycles. The van der Waals surface area contributed by atoms with Crippen LogP contribution in [0, 0.1) is 0 Å². The summed E-state index contributed by atoms with van der Waals surface area (Å²) in [5.74, 6) is 2.51. The molecule has 166 valence electrons. The van der Waals surface area contributed by atoms with Crippen LogP contribution in [0.15, 0.2) is 91.0 Å². The molecule has 0 fully saturated rings. The molecule has 0 saturated heterocycles. The predicted molar refractivity (Wildman–Crippen MR) is 134 cm³/mol. The normalized spacial score (nSPS) is 11.2. The van der Waals surface area contributed by atoms with Crippen LogP contribution in [0.2, 0.25) is 5.02 Å². The van der Waals surface area contributed by atoms with Crippen LogP contribution in [0.5, 0.6) is 11.5 Å². The van der Waals surface area contributed by atoms with E-state index in [1.807, 2.05) is 54.6 Å². The Bertz CT molecular complexity index is 1380. The van der Waals surface area contributed by atoms with Gasteiger partial charge in [0.15, 0.2) is 0 Å². The van der Waals surface area contributed by atoms with Gasteiger partial charge in [-0.15, -0.1) is 0 Å². The number of aryl methyl sites for hydroxylation is 1. The van der Waals surface area contributed by atoms with Crippen molar-refractivity contribution in [1.29, 1.82) is 0 Å². The maximum atomic E-state index is 6.17. The third-order valence-electron chi connectivity index (χ3n) is 5.69. The van der Waals surface area contributed by atoms with Crippen LogP contribution in [-0.4, -0.2) is 16.2 Å². The smallest absolute Gasteiger partial charge is 0.147 e. The highest BCUT2D eigenvalue weighted by molar-refractivity contribution is 6.32. The topological polar surface area (TPSA) is 36.3 Å². The quantitative estimate of drug-likeness (QED) is 0.219. The van der Waals surface area contributed by atoms with Crippen molar-refractivity contribution in [2.75, 3.05) is 6.61 Å². The molecule has 33 heavy (non-hydrogen) atoms. The molecular formula is C28H25ClN2O2. The van der Waals surface area contributed by atoms with E-state index in [0.717, 1.165) is 47.7 Å². The Hall–Kier alpha value is -3.50. The van der Waals surface area contributed by atoms with E-state index in [2.05, 4.69) is 41.0 Å². The number of unbranched alkanes of at least 4 members (excludes halogenated alkanes) is 1. The molecule has 0 spiro atoms. The van der Waals surface area contributed by atoms with E-state index in [1.54, 1.807) is 0 Å². The number of benzene rings is 4. The van der Waals surface area contributed by atoms with Gasteiger partial charge in [-0.2, -0.15) is 0 Å². The van der Waals surface area contributed by atoms with E-state index in [0.29, 0.717) is 18.2 Å². The molecule has 5 rings (SSSR count). The number of hydrogen-bond donors (Lipinski definition) is 0. The Balaban J connectivity index is 1.25. The maximum Gasteiger partial charge on any atom is 0.147 e. The number of nitrogens with zero attached hydrogens (tertiary/aromatic N) is 2. The van der Waals surface area contributed by atoms with E-state index >= 15 is 0 Å². The van der Waals surface area contributed by atoms with E-state index in [1.165, 1.54) is 10.8 Å². The van der Waals surface area contributed by atoms with Gasteiger partial charge >= 0.3 is 0 Å². The second kappa shape index (κ2) is 9.97. The Labute approximate surface area is 198 Å². The Morgan fingerprint density at radius 2 is 1.55 bits per heavy atom. The van der Waals surface area contributed by atoms with Crippen LogP contribution in [0.1, 0.15) is 18.7 Å². The highest BCUT2D eigenvalue weighted by Crippen LogP contribution is 2.24. The predicted octanol–water partition coefficient (Wildman–Crippen LogP) is 7.28. The number of fused-ring (bicyclic) bond motifs is 2. The summed E-state index contributed by atoms with van der Waals surface area (Å²) < 4.78 is 14.2. The fourth-order valence-corrected chi connectivity index (χ4v) is 4.20. The molecular weight excluding hydrogens is 432 g/mol. The first kappa shape index (κ1) is 21.4. The molecule has 0 aliphatic carbocycles. The van der Waals surface area contributed by atoms with Crippen LogP contribution < -0.4 is 9.47 Å². The lowest BCUT2D eigenvalue weighted by atomic mass is 10.1. The fraction of sp³-hybridized carbons (Fsp3) is 0.179. The molecule has 0 amide bonds. The number of rotatable bonds is 9. The van der Waals surface area contributed by atoms with Gasteiger partial charge in [0, 0.05) is 6.54 Å². The van der Waals surface area contributed by atoms with Crippen molar-refractivity contribution in [2.45, 2.75) is 26.0 Å². The first-order chi connectivity index (χ1) is 16.3. The summed E-state index contributed by atoms with van der Waals surface area (Å²) in [4.78, 5) is 4.84. The molecule has 0 aliphatic rings. The molecule has 1 aromatic heterocycles. The first-order valence-electron chi connectivity index (χ1n) is 11.2. The van der Waals surface area contributed by atoms with Crippen molar-refractivity contribution in [2.24, 2.45) is 0 Å². The third kappa shape index (κ3) is 4.96. The van der Waals surface area contributed by atoms with Crippen LogP contribution in [0.25, 0.3) is 21.8 Å². The van der Waals surface area contributed by atoms with Gasteiger partial charge in [0.25, 0.3) is 0 Å². The summed E-state index contributed by atoms with van der Waals surface area (Å²) in [5.41, 5.74) is 2.11. The van der Waals surface area contributed by atoms with Crippen LogP contribution >= 0.6 is 11.6 Å². The third-order valence-corrected chi connectivity index (χ3v) is 6.00. The average Bonchev–Trinajstić information content (AvgIpc) is 3.21. The van der Waals surface area contributed by atoms with Gasteiger partial charge < -0.3 is 14.0 Å². The van der Waals surface area contributed by atoms with Crippen molar-refractivity contribution in [1.82, 2.24) is 9.55 Å².